The van der Waals surface area contributed by atoms with Gasteiger partial charge < -0.3 is 10.2 Å². The Morgan fingerprint density at radius 3 is 2.20 bits per heavy atom. The van der Waals surface area contributed by atoms with Gasteiger partial charge in [0.1, 0.15) is 0 Å². The smallest absolute Gasteiger partial charge is 0.318 e. The number of carbonyl (C=O) groups is 1. The Bertz CT molecular complexity index is 448. The van der Waals surface area contributed by atoms with Gasteiger partial charge in [-0.25, -0.2) is 4.79 Å². The van der Waals surface area contributed by atoms with Crippen molar-refractivity contribution in [3.63, 3.8) is 0 Å². The average Bonchev–Trinajstić information content (AvgIpc) is 2.67. The molecule has 1 aromatic rings. The normalized spacial score (nSPS) is 16.6. The van der Waals surface area contributed by atoms with Gasteiger partial charge in [-0.05, 0) is 44.4 Å². The fourth-order valence-electron chi connectivity index (χ4n) is 2.56. The summed E-state index contributed by atoms with van der Waals surface area (Å²) in [5.41, 5.74) is 0.665. The maximum Gasteiger partial charge on any atom is 0.318 e. The lowest BCUT2D eigenvalue weighted by atomic mass is 9.94. The van der Waals surface area contributed by atoms with Crippen LogP contribution >= 0.6 is 11.6 Å². The van der Waals surface area contributed by atoms with E-state index in [1.807, 2.05) is 43.0 Å². The maximum absolute atomic E-state index is 12.4. The Morgan fingerprint density at radius 1 is 1.10 bits per heavy atom. The number of nitrogens with one attached hydrogen (secondary N) is 1. The van der Waals surface area contributed by atoms with Crippen LogP contribution in [0, 0.1) is 0 Å². The van der Waals surface area contributed by atoms with Crippen LogP contribution in [0.1, 0.15) is 45.1 Å². The molecule has 2 rings (SSSR count). The third-order valence-corrected chi connectivity index (χ3v) is 4.13. The third-order valence-electron chi connectivity index (χ3n) is 3.88. The van der Waals surface area contributed by atoms with Gasteiger partial charge in [-0.15, -0.1) is 0 Å². The number of amides is 2. The van der Waals surface area contributed by atoms with E-state index >= 15 is 0 Å². The molecule has 0 aromatic heterocycles. The predicted octanol–water partition coefficient (Wildman–Crippen LogP) is 4.16. The zero-order chi connectivity index (χ0) is 14.6. The Kier molecular flexibility index (Phi) is 4.92. The summed E-state index contributed by atoms with van der Waals surface area (Å²) >= 11 is 5.91. The van der Waals surface area contributed by atoms with Crippen molar-refractivity contribution in [2.75, 3.05) is 13.1 Å². The highest BCUT2D eigenvalue weighted by molar-refractivity contribution is 6.30. The molecule has 110 valence electrons. The van der Waals surface area contributed by atoms with E-state index in [9.17, 15) is 4.79 Å². The molecular weight excluding hydrogens is 272 g/mol. The molecule has 2 amide bonds. The zero-order valence-corrected chi connectivity index (χ0v) is 13.0. The molecule has 1 aromatic carbocycles. The van der Waals surface area contributed by atoms with E-state index < -0.39 is 5.54 Å². The van der Waals surface area contributed by atoms with Crippen molar-refractivity contribution in [3.8, 4) is 0 Å². The van der Waals surface area contributed by atoms with Crippen LogP contribution in [0.5, 0.6) is 0 Å². The van der Waals surface area contributed by atoms with Gasteiger partial charge in [0.15, 0.2) is 0 Å². The van der Waals surface area contributed by atoms with Crippen molar-refractivity contribution in [3.05, 3.63) is 34.9 Å². The fourth-order valence-corrected chi connectivity index (χ4v) is 2.68. The first kappa shape index (κ1) is 15.2. The average molecular weight is 295 g/mol. The topological polar surface area (TPSA) is 32.3 Å². The summed E-state index contributed by atoms with van der Waals surface area (Å²) in [5, 5.41) is 3.84. The van der Waals surface area contributed by atoms with Crippen molar-refractivity contribution < 1.29 is 4.79 Å². The molecule has 0 spiro atoms. The number of hydrogen-bond donors (Lipinski definition) is 1. The summed E-state index contributed by atoms with van der Waals surface area (Å²) in [4.78, 5) is 14.3. The molecule has 3 nitrogen and oxygen atoms in total. The van der Waals surface area contributed by atoms with E-state index in [-0.39, 0.29) is 6.03 Å². The SMILES string of the molecule is CC(C)(NC(=O)N1CCCCCC1)c1ccc(Cl)cc1. The monoisotopic (exact) mass is 294 g/mol. The van der Waals surface area contributed by atoms with Crippen LogP contribution in [0.4, 0.5) is 4.79 Å². The van der Waals surface area contributed by atoms with Crippen LogP contribution in [0.3, 0.4) is 0 Å². The van der Waals surface area contributed by atoms with Gasteiger partial charge >= 0.3 is 6.03 Å². The van der Waals surface area contributed by atoms with Crippen LogP contribution < -0.4 is 5.32 Å². The van der Waals surface area contributed by atoms with Crippen LogP contribution in [0.15, 0.2) is 24.3 Å². The van der Waals surface area contributed by atoms with Gasteiger partial charge in [0.2, 0.25) is 0 Å². The largest absolute Gasteiger partial charge is 0.329 e. The van der Waals surface area contributed by atoms with Gasteiger partial charge in [0.05, 0.1) is 5.54 Å². The molecule has 4 heteroatoms. The van der Waals surface area contributed by atoms with Gasteiger partial charge in [-0.3, -0.25) is 0 Å². The second-order valence-electron chi connectivity index (χ2n) is 5.96. The standard InChI is InChI=1S/C16H23ClN2O/c1-16(2,13-7-9-14(17)10-8-13)18-15(20)19-11-5-3-4-6-12-19/h7-10H,3-6,11-12H2,1-2H3,(H,18,20). The maximum atomic E-state index is 12.4. The first-order valence-corrected chi connectivity index (χ1v) is 7.70. The number of nitrogens with zero attached hydrogens (tertiary/aromatic N) is 1. The number of likely N-dealkylation sites (tertiary alicyclic amines) is 1. The number of rotatable bonds is 2. The lowest BCUT2D eigenvalue weighted by Gasteiger charge is -2.31. The Labute approximate surface area is 126 Å². The Hall–Kier alpha value is -1.22. The number of hydrogen-bond acceptors (Lipinski definition) is 1. The highest BCUT2D eigenvalue weighted by atomic mass is 35.5. The van der Waals surface area contributed by atoms with Crippen LogP contribution in [-0.4, -0.2) is 24.0 Å². The highest BCUT2D eigenvalue weighted by Crippen LogP contribution is 2.22. The highest BCUT2D eigenvalue weighted by Gasteiger charge is 2.25. The number of benzene rings is 1. The summed E-state index contributed by atoms with van der Waals surface area (Å²) in [5.74, 6) is 0. The summed E-state index contributed by atoms with van der Waals surface area (Å²) in [7, 11) is 0. The lowest BCUT2D eigenvalue weighted by molar-refractivity contribution is 0.188. The summed E-state index contributed by atoms with van der Waals surface area (Å²) in [6.07, 6.45) is 4.66. The van der Waals surface area contributed by atoms with Crippen molar-refractivity contribution in [1.82, 2.24) is 10.2 Å². The van der Waals surface area contributed by atoms with E-state index in [1.165, 1.54) is 12.8 Å². The first-order chi connectivity index (χ1) is 9.49. The molecule has 0 unspecified atom stereocenters. The van der Waals surface area contributed by atoms with Gasteiger partial charge in [-0.1, -0.05) is 36.6 Å². The predicted molar refractivity (Wildman–Crippen MR) is 83.1 cm³/mol. The number of halogens is 1. The molecule has 0 aliphatic carbocycles. The molecule has 0 atom stereocenters. The van der Waals surface area contributed by atoms with E-state index in [2.05, 4.69) is 5.32 Å². The minimum absolute atomic E-state index is 0.0341. The molecule has 1 aliphatic heterocycles. The third kappa shape index (κ3) is 3.89. The molecule has 1 heterocycles. The molecule has 1 aliphatic rings. The molecule has 1 N–H and O–H groups in total. The van der Waals surface area contributed by atoms with Gasteiger partial charge in [-0.2, -0.15) is 0 Å². The molecule has 20 heavy (non-hydrogen) atoms. The zero-order valence-electron chi connectivity index (χ0n) is 12.3. The van der Waals surface area contributed by atoms with E-state index in [0.717, 1.165) is 31.5 Å². The number of urea groups is 1. The van der Waals surface area contributed by atoms with Crippen LogP contribution in [-0.2, 0) is 5.54 Å². The van der Waals surface area contributed by atoms with E-state index in [0.29, 0.717) is 5.02 Å². The molecule has 1 saturated heterocycles. The minimum atomic E-state index is -0.395. The van der Waals surface area contributed by atoms with Gasteiger partial charge in [0, 0.05) is 18.1 Å². The van der Waals surface area contributed by atoms with Gasteiger partial charge in [0.25, 0.3) is 0 Å². The van der Waals surface area contributed by atoms with E-state index in [1.54, 1.807) is 0 Å². The van der Waals surface area contributed by atoms with Crippen LogP contribution in [0.2, 0.25) is 5.02 Å². The molecule has 0 bridgehead atoms. The van der Waals surface area contributed by atoms with Crippen molar-refractivity contribution >= 4 is 17.6 Å². The quantitative estimate of drug-likeness (QED) is 0.873. The summed E-state index contributed by atoms with van der Waals surface area (Å²) in [6.45, 7) is 5.77. The molecule has 0 radical (unpaired) electrons. The summed E-state index contributed by atoms with van der Waals surface area (Å²) < 4.78 is 0. The Balaban J connectivity index is 2.02. The van der Waals surface area contributed by atoms with Crippen molar-refractivity contribution in [1.29, 1.82) is 0 Å². The first-order valence-electron chi connectivity index (χ1n) is 7.32. The lowest BCUT2D eigenvalue weighted by Crippen LogP contribution is -2.48. The minimum Gasteiger partial charge on any atom is -0.329 e. The number of carbonyl (C=O) groups excluding carboxylic acids is 1. The van der Waals surface area contributed by atoms with E-state index in [4.69, 9.17) is 11.6 Å². The van der Waals surface area contributed by atoms with Crippen LogP contribution in [0.25, 0.3) is 0 Å². The second kappa shape index (κ2) is 6.49. The Morgan fingerprint density at radius 2 is 1.65 bits per heavy atom. The van der Waals surface area contributed by atoms with Crippen molar-refractivity contribution in [2.45, 2.75) is 45.1 Å². The summed E-state index contributed by atoms with van der Waals surface area (Å²) in [6, 6.07) is 7.68. The molecular formula is C16H23ClN2O. The molecule has 0 saturated carbocycles. The molecule has 1 fully saturated rings. The second-order valence-corrected chi connectivity index (χ2v) is 6.40. The fraction of sp³-hybridized carbons (Fsp3) is 0.562. The van der Waals surface area contributed by atoms with Crippen molar-refractivity contribution in [2.24, 2.45) is 0 Å².